The van der Waals surface area contributed by atoms with Gasteiger partial charge in [-0.15, -0.1) is 24.8 Å². The van der Waals surface area contributed by atoms with Crippen LogP contribution in [0.3, 0.4) is 0 Å². The van der Waals surface area contributed by atoms with Gasteiger partial charge in [0.2, 0.25) is 5.91 Å². The smallest absolute Gasteiger partial charge is 0.236 e. The van der Waals surface area contributed by atoms with Gasteiger partial charge in [0.25, 0.3) is 0 Å². The van der Waals surface area contributed by atoms with Gasteiger partial charge in [0.1, 0.15) is 0 Å². The molecule has 1 fully saturated rings. The number of amides is 1. The number of hydrogen-bond donors (Lipinski definition) is 2. The van der Waals surface area contributed by atoms with Crippen LogP contribution >= 0.6 is 24.8 Å². The topological polar surface area (TPSA) is 58.4 Å². The van der Waals surface area contributed by atoms with Crippen LogP contribution in [0.5, 0.6) is 0 Å². The van der Waals surface area contributed by atoms with Crippen LogP contribution < -0.4 is 11.1 Å². The lowest BCUT2D eigenvalue weighted by Gasteiger charge is -2.26. The Bertz CT molecular complexity index is 132. The van der Waals surface area contributed by atoms with Crippen molar-refractivity contribution in [2.45, 2.75) is 0 Å². The molecule has 1 amide bonds. The predicted molar refractivity (Wildman–Crippen MR) is 53.0 cm³/mol. The second-order valence-electron chi connectivity index (χ2n) is 2.35. The number of piperazine rings is 1. The fourth-order valence-electron chi connectivity index (χ4n) is 1.04. The van der Waals surface area contributed by atoms with Crippen LogP contribution in [-0.4, -0.2) is 43.5 Å². The Labute approximate surface area is 84.7 Å². The Balaban J connectivity index is 0. The average molecular weight is 216 g/mol. The monoisotopic (exact) mass is 215 g/mol. The fourth-order valence-corrected chi connectivity index (χ4v) is 1.04. The first-order valence-electron chi connectivity index (χ1n) is 3.53. The summed E-state index contributed by atoms with van der Waals surface area (Å²) >= 11 is 0. The van der Waals surface area contributed by atoms with Gasteiger partial charge in [0.05, 0.1) is 6.54 Å². The molecule has 1 rings (SSSR count). The van der Waals surface area contributed by atoms with Gasteiger partial charge in [-0.1, -0.05) is 0 Å². The fraction of sp³-hybridized carbons (Fsp3) is 0.833. The van der Waals surface area contributed by atoms with Crippen molar-refractivity contribution in [2.24, 2.45) is 5.73 Å². The number of nitrogens with zero attached hydrogens (tertiary/aromatic N) is 1. The van der Waals surface area contributed by atoms with Gasteiger partial charge >= 0.3 is 0 Å². The van der Waals surface area contributed by atoms with Crippen LogP contribution in [0.2, 0.25) is 0 Å². The Morgan fingerprint density at radius 1 is 1.50 bits per heavy atom. The quantitative estimate of drug-likeness (QED) is 0.636. The molecule has 1 saturated heterocycles. The predicted octanol–water partition coefficient (Wildman–Crippen LogP) is -0.779. The largest absolute Gasteiger partial charge is 0.339 e. The highest BCUT2D eigenvalue weighted by atomic mass is 35.5. The Morgan fingerprint density at radius 2 is 2.17 bits per heavy atom. The van der Waals surface area contributed by atoms with E-state index in [1.807, 2.05) is 0 Å². The lowest BCUT2D eigenvalue weighted by molar-refractivity contribution is -0.131. The van der Waals surface area contributed by atoms with Crippen molar-refractivity contribution in [3.63, 3.8) is 0 Å². The third kappa shape index (κ3) is 4.11. The number of carbonyl (C=O) groups excluding carboxylic acids is 1. The molecule has 0 aromatic heterocycles. The van der Waals surface area contributed by atoms with Crippen LogP contribution in [0.15, 0.2) is 0 Å². The molecule has 0 aliphatic carbocycles. The van der Waals surface area contributed by atoms with E-state index in [0.717, 1.165) is 13.1 Å². The van der Waals surface area contributed by atoms with E-state index in [2.05, 4.69) is 5.32 Å². The molecule has 0 aromatic carbocycles. The Hall–Kier alpha value is -0.0300. The SMILES string of the molecule is Cl.Cl.NCCN1CCNCC1=O. The molecule has 1 aliphatic heterocycles. The first kappa shape index (κ1) is 14.5. The number of nitrogens with one attached hydrogen (secondary N) is 1. The Kier molecular flexibility index (Phi) is 9.19. The Morgan fingerprint density at radius 3 is 2.67 bits per heavy atom. The molecule has 0 spiro atoms. The lowest BCUT2D eigenvalue weighted by atomic mass is 10.3. The highest BCUT2D eigenvalue weighted by Gasteiger charge is 2.15. The molecule has 74 valence electrons. The van der Waals surface area contributed by atoms with Gasteiger partial charge in [0, 0.05) is 26.2 Å². The molecule has 0 bridgehead atoms. The van der Waals surface area contributed by atoms with Gasteiger partial charge < -0.3 is 16.0 Å². The van der Waals surface area contributed by atoms with Crippen LogP contribution in [0.25, 0.3) is 0 Å². The van der Waals surface area contributed by atoms with E-state index in [1.54, 1.807) is 4.90 Å². The maximum absolute atomic E-state index is 11.0. The van der Waals surface area contributed by atoms with E-state index >= 15 is 0 Å². The van der Waals surface area contributed by atoms with Crippen molar-refractivity contribution in [1.29, 1.82) is 0 Å². The standard InChI is InChI=1S/C6H13N3O.2ClH/c7-1-3-9-4-2-8-5-6(9)10;;/h8H,1-5,7H2;2*1H. The highest BCUT2D eigenvalue weighted by Crippen LogP contribution is 1.91. The van der Waals surface area contributed by atoms with Gasteiger partial charge in [-0.05, 0) is 0 Å². The number of rotatable bonds is 2. The van der Waals surface area contributed by atoms with Crippen molar-refractivity contribution < 1.29 is 4.79 Å². The first-order valence-corrected chi connectivity index (χ1v) is 3.53. The van der Waals surface area contributed by atoms with Crippen molar-refractivity contribution in [3.05, 3.63) is 0 Å². The van der Waals surface area contributed by atoms with Crippen LogP contribution in [0.4, 0.5) is 0 Å². The zero-order valence-corrected chi connectivity index (χ0v) is 8.42. The van der Waals surface area contributed by atoms with Crippen molar-refractivity contribution in [3.8, 4) is 0 Å². The number of hydrogen-bond acceptors (Lipinski definition) is 3. The maximum Gasteiger partial charge on any atom is 0.236 e. The van der Waals surface area contributed by atoms with Crippen molar-refractivity contribution >= 4 is 30.7 Å². The molecule has 0 atom stereocenters. The van der Waals surface area contributed by atoms with E-state index in [9.17, 15) is 4.79 Å². The first-order chi connectivity index (χ1) is 4.84. The summed E-state index contributed by atoms with van der Waals surface area (Å²) in [4.78, 5) is 12.8. The van der Waals surface area contributed by atoms with Gasteiger partial charge in [0.15, 0.2) is 0 Å². The molecule has 0 unspecified atom stereocenters. The summed E-state index contributed by atoms with van der Waals surface area (Å²) in [5.74, 6) is 0.164. The summed E-state index contributed by atoms with van der Waals surface area (Å²) < 4.78 is 0. The zero-order valence-electron chi connectivity index (χ0n) is 6.78. The number of nitrogens with two attached hydrogens (primary N) is 1. The normalized spacial score (nSPS) is 16.4. The second-order valence-corrected chi connectivity index (χ2v) is 2.35. The molecule has 1 aliphatic rings. The van der Waals surface area contributed by atoms with E-state index < -0.39 is 0 Å². The second kappa shape index (κ2) is 7.61. The minimum atomic E-state index is 0. The molecule has 12 heavy (non-hydrogen) atoms. The summed E-state index contributed by atoms with van der Waals surface area (Å²) in [6, 6.07) is 0. The van der Waals surface area contributed by atoms with Gasteiger partial charge in [-0.25, -0.2) is 0 Å². The van der Waals surface area contributed by atoms with Gasteiger partial charge in [-0.2, -0.15) is 0 Å². The molecule has 0 aromatic rings. The molecule has 1 heterocycles. The molecule has 6 heteroatoms. The molecular weight excluding hydrogens is 201 g/mol. The van der Waals surface area contributed by atoms with E-state index in [-0.39, 0.29) is 30.7 Å². The maximum atomic E-state index is 11.0. The summed E-state index contributed by atoms with van der Waals surface area (Å²) in [6.45, 7) is 3.42. The molecule has 0 radical (unpaired) electrons. The number of carbonyl (C=O) groups is 1. The highest BCUT2D eigenvalue weighted by molar-refractivity contribution is 5.85. The van der Waals surface area contributed by atoms with Crippen molar-refractivity contribution in [2.75, 3.05) is 32.7 Å². The zero-order chi connectivity index (χ0) is 7.40. The van der Waals surface area contributed by atoms with Gasteiger partial charge in [-0.3, -0.25) is 4.79 Å². The van der Waals surface area contributed by atoms with Crippen LogP contribution in [0, 0.1) is 0 Å². The molecule has 0 saturated carbocycles. The molecular formula is C6H15Cl2N3O. The van der Waals surface area contributed by atoms with Crippen LogP contribution in [0.1, 0.15) is 0 Å². The third-order valence-corrected chi connectivity index (χ3v) is 1.59. The van der Waals surface area contributed by atoms with E-state index in [1.165, 1.54) is 0 Å². The summed E-state index contributed by atoms with van der Waals surface area (Å²) in [5, 5.41) is 2.99. The van der Waals surface area contributed by atoms with E-state index in [0.29, 0.717) is 19.6 Å². The molecule has 4 nitrogen and oxygen atoms in total. The summed E-state index contributed by atoms with van der Waals surface area (Å²) in [6.07, 6.45) is 0. The van der Waals surface area contributed by atoms with Crippen LogP contribution in [-0.2, 0) is 4.79 Å². The average Bonchev–Trinajstić information content (AvgIpc) is 1.94. The van der Waals surface area contributed by atoms with E-state index in [4.69, 9.17) is 5.73 Å². The summed E-state index contributed by atoms with van der Waals surface area (Å²) in [5.41, 5.74) is 5.31. The lowest BCUT2D eigenvalue weighted by Crippen LogP contribution is -2.49. The minimum Gasteiger partial charge on any atom is -0.339 e. The summed E-state index contributed by atoms with van der Waals surface area (Å²) in [7, 11) is 0. The number of halogens is 2. The third-order valence-electron chi connectivity index (χ3n) is 1.59. The van der Waals surface area contributed by atoms with Crippen molar-refractivity contribution in [1.82, 2.24) is 10.2 Å². The molecule has 3 N–H and O–H groups in total. The minimum absolute atomic E-state index is 0.